The van der Waals surface area contributed by atoms with E-state index < -0.39 is 8.32 Å². The van der Waals surface area contributed by atoms with Crippen LogP contribution >= 0.6 is 0 Å². The molecule has 0 radical (unpaired) electrons. The van der Waals surface area contributed by atoms with Gasteiger partial charge >= 0.3 is 0 Å². The average Bonchev–Trinajstić information content (AvgIpc) is 2.85. The Kier molecular flexibility index (Phi) is 5.59. The minimum Gasteiger partial charge on any atom is -0.416 e. The summed E-state index contributed by atoms with van der Waals surface area (Å²) >= 11 is 0. The molecule has 23 heavy (non-hydrogen) atoms. The molecule has 3 nitrogen and oxygen atoms in total. The Bertz CT molecular complexity index is 478. The first-order chi connectivity index (χ1) is 10.6. The van der Waals surface area contributed by atoms with E-state index in [1.807, 2.05) is 0 Å². The Morgan fingerprint density at radius 2 is 1.96 bits per heavy atom. The molecule has 1 unspecified atom stereocenters. The summed E-state index contributed by atoms with van der Waals surface area (Å²) in [7, 11) is -1.71. The lowest BCUT2D eigenvalue weighted by atomic mass is 9.74. The number of allylic oxidation sites excluding steroid dienone is 1. The summed E-state index contributed by atoms with van der Waals surface area (Å²) in [6.45, 7) is 16.2. The van der Waals surface area contributed by atoms with Crippen LogP contribution in [-0.4, -0.2) is 44.2 Å². The summed E-state index contributed by atoms with van der Waals surface area (Å²) < 4.78 is 6.36. The quantitative estimate of drug-likeness (QED) is 0.557. The van der Waals surface area contributed by atoms with Crippen molar-refractivity contribution in [2.75, 3.05) is 19.7 Å². The minimum absolute atomic E-state index is 0.241. The van der Waals surface area contributed by atoms with E-state index in [0.717, 1.165) is 51.8 Å². The lowest BCUT2D eigenvalue weighted by Crippen LogP contribution is -2.55. The van der Waals surface area contributed by atoms with Crippen molar-refractivity contribution in [1.82, 2.24) is 4.90 Å². The SMILES string of the molecule is C/C=C1\CCCC(=O)C12CCCN2CCO[Si](C)(C)C(C)(C)C. The summed E-state index contributed by atoms with van der Waals surface area (Å²) in [5, 5.41) is 0.241. The van der Waals surface area contributed by atoms with Gasteiger partial charge in [-0.25, -0.2) is 0 Å². The third-order valence-electron chi connectivity index (χ3n) is 6.33. The van der Waals surface area contributed by atoms with E-state index in [2.05, 4.69) is 51.8 Å². The van der Waals surface area contributed by atoms with Gasteiger partial charge in [0.2, 0.25) is 0 Å². The smallest absolute Gasteiger partial charge is 0.192 e. The molecule has 4 heteroatoms. The Labute approximate surface area is 143 Å². The molecule has 2 rings (SSSR count). The molecule has 1 aliphatic heterocycles. The zero-order valence-corrected chi connectivity index (χ0v) is 17.0. The third kappa shape index (κ3) is 3.49. The molecule has 1 spiro atoms. The number of nitrogens with zero attached hydrogens (tertiary/aromatic N) is 1. The number of carbonyl (C=O) groups excluding carboxylic acids is 1. The molecular weight excluding hydrogens is 302 g/mol. The average molecular weight is 338 g/mol. The number of rotatable bonds is 4. The van der Waals surface area contributed by atoms with Crippen LogP contribution in [0.1, 0.15) is 59.8 Å². The molecule has 0 bridgehead atoms. The van der Waals surface area contributed by atoms with Crippen LogP contribution in [0.5, 0.6) is 0 Å². The highest BCUT2D eigenvalue weighted by molar-refractivity contribution is 6.74. The maximum Gasteiger partial charge on any atom is 0.192 e. The molecule has 0 aromatic carbocycles. The number of hydrogen-bond acceptors (Lipinski definition) is 3. The normalized spacial score (nSPS) is 29.0. The molecule has 1 atom stereocenters. The first kappa shape index (κ1) is 18.9. The highest BCUT2D eigenvalue weighted by Crippen LogP contribution is 2.43. The predicted octanol–water partition coefficient (Wildman–Crippen LogP) is 4.54. The molecule has 1 saturated carbocycles. The van der Waals surface area contributed by atoms with Crippen molar-refractivity contribution >= 4 is 14.1 Å². The molecule has 0 amide bonds. The summed E-state index contributed by atoms with van der Waals surface area (Å²) in [4.78, 5) is 15.2. The number of likely N-dealkylation sites (tertiary alicyclic amines) is 1. The molecule has 1 aliphatic carbocycles. The molecule has 1 heterocycles. The van der Waals surface area contributed by atoms with Gasteiger partial charge in [0, 0.05) is 19.6 Å². The maximum atomic E-state index is 12.8. The van der Waals surface area contributed by atoms with Crippen LogP contribution in [0.15, 0.2) is 11.6 Å². The van der Waals surface area contributed by atoms with Crippen LogP contribution in [-0.2, 0) is 9.22 Å². The number of ketones is 1. The van der Waals surface area contributed by atoms with Crippen molar-refractivity contribution in [3.63, 3.8) is 0 Å². The van der Waals surface area contributed by atoms with Crippen molar-refractivity contribution in [2.45, 2.75) is 83.5 Å². The molecule has 0 aromatic heterocycles. The Hall–Kier alpha value is -0.453. The first-order valence-electron chi connectivity index (χ1n) is 9.23. The third-order valence-corrected chi connectivity index (χ3v) is 10.9. The Morgan fingerprint density at radius 3 is 2.57 bits per heavy atom. The molecule has 0 N–H and O–H groups in total. The second-order valence-electron chi connectivity index (χ2n) is 8.65. The van der Waals surface area contributed by atoms with Gasteiger partial charge in [0.05, 0.1) is 0 Å². The van der Waals surface area contributed by atoms with Crippen LogP contribution in [0.25, 0.3) is 0 Å². The van der Waals surface area contributed by atoms with E-state index in [1.54, 1.807) is 0 Å². The molecule has 1 saturated heterocycles. The molecule has 0 aromatic rings. The van der Waals surface area contributed by atoms with Crippen LogP contribution in [0.4, 0.5) is 0 Å². The molecular formula is C19H35NO2Si. The highest BCUT2D eigenvalue weighted by atomic mass is 28.4. The van der Waals surface area contributed by atoms with Gasteiger partial charge in [-0.1, -0.05) is 26.8 Å². The van der Waals surface area contributed by atoms with Crippen LogP contribution in [0, 0.1) is 0 Å². The largest absolute Gasteiger partial charge is 0.416 e. The van der Waals surface area contributed by atoms with Gasteiger partial charge in [-0.05, 0) is 62.9 Å². The van der Waals surface area contributed by atoms with Crippen molar-refractivity contribution in [3.8, 4) is 0 Å². The number of hydrogen-bond donors (Lipinski definition) is 0. The maximum absolute atomic E-state index is 12.8. The standard InChI is InChI=1S/C19H35NO2Si/c1-7-16-10-8-11-17(21)19(16)12-9-13-20(19)14-15-22-23(5,6)18(2,3)4/h7H,8-15H2,1-6H3/b16-7+. The fourth-order valence-corrected chi connectivity index (χ4v) is 4.93. The Balaban J connectivity index is 2.06. The van der Waals surface area contributed by atoms with Gasteiger partial charge in [0.15, 0.2) is 14.1 Å². The highest BCUT2D eigenvalue weighted by Gasteiger charge is 2.50. The van der Waals surface area contributed by atoms with Crippen molar-refractivity contribution in [3.05, 3.63) is 11.6 Å². The monoisotopic (exact) mass is 337 g/mol. The lowest BCUT2D eigenvalue weighted by Gasteiger charge is -2.43. The van der Waals surface area contributed by atoms with Crippen molar-refractivity contribution in [1.29, 1.82) is 0 Å². The summed E-state index contributed by atoms with van der Waals surface area (Å²) in [6.07, 6.45) is 7.19. The van der Waals surface area contributed by atoms with Gasteiger partial charge in [-0.3, -0.25) is 9.69 Å². The van der Waals surface area contributed by atoms with E-state index >= 15 is 0 Å². The fraction of sp³-hybridized carbons (Fsp3) is 0.842. The van der Waals surface area contributed by atoms with Crippen LogP contribution in [0.2, 0.25) is 18.1 Å². The van der Waals surface area contributed by atoms with E-state index in [1.165, 1.54) is 5.57 Å². The fourth-order valence-electron chi connectivity index (χ4n) is 3.90. The van der Waals surface area contributed by atoms with Crippen LogP contribution in [0.3, 0.4) is 0 Å². The lowest BCUT2D eigenvalue weighted by molar-refractivity contribution is -0.129. The summed E-state index contributed by atoms with van der Waals surface area (Å²) in [5.74, 6) is 0.446. The van der Waals surface area contributed by atoms with Crippen molar-refractivity contribution in [2.24, 2.45) is 0 Å². The second-order valence-corrected chi connectivity index (χ2v) is 13.5. The molecule has 132 valence electrons. The van der Waals surface area contributed by atoms with Gasteiger partial charge in [-0.2, -0.15) is 0 Å². The van der Waals surface area contributed by atoms with E-state index in [-0.39, 0.29) is 10.6 Å². The van der Waals surface area contributed by atoms with Gasteiger partial charge in [0.25, 0.3) is 0 Å². The van der Waals surface area contributed by atoms with E-state index in [0.29, 0.717) is 5.78 Å². The van der Waals surface area contributed by atoms with Gasteiger partial charge < -0.3 is 4.43 Å². The summed E-state index contributed by atoms with van der Waals surface area (Å²) in [6, 6.07) is 0. The number of Topliss-reactive ketones (excluding diaryl/α,β-unsaturated/α-hetero) is 1. The first-order valence-corrected chi connectivity index (χ1v) is 12.1. The zero-order chi connectivity index (χ0) is 17.3. The molecule has 2 fully saturated rings. The summed E-state index contributed by atoms with van der Waals surface area (Å²) in [5.41, 5.74) is 1.07. The number of carbonyl (C=O) groups is 1. The van der Waals surface area contributed by atoms with Crippen molar-refractivity contribution < 1.29 is 9.22 Å². The topological polar surface area (TPSA) is 29.5 Å². The predicted molar refractivity (Wildman–Crippen MR) is 99.3 cm³/mol. The van der Waals surface area contributed by atoms with Gasteiger partial charge in [0.1, 0.15) is 5.54 Å². The minimum atomic E-state index is -1.71. The van der Waals surface area contributed by atoms with Gasteiger partial charge in [-0.15, -0.1) is 0 Å². The van der Waals surface area contributed by atoms with Crippen LogP contribution < -0.4 is 0 Å². The van der Waals surface area contributed by atoms with E-state index in [4.69, 9.17) is 4.43 Å². The second kappa shape index (κ2) is 6.81. The zero-order valence-electron chi connectivity index (χ0n) is 16.0. The Morgan fingerprint density at radius 1 is 1.26 bits per heavy atom. The molecule has 2 aliphatic rings. The van der Waals surface area contributed by atoms with E-state index in [9.17, 15) is 4.79 Å².